The Labute approximate surface area is 210 Å². The molecule has 0 saturated carbocycles. The van der Waals surface area contributed by atoms with Gasteiger partial charge in [0.15, 0.2) is 0 Å². The van der Waals surface area contributed by atoms with Gasteiger partial charge >= 0.3 is 0 Å². The molecule has 1 saturated heterocycles. The molecular weight excluding hydrogens is 482 g/mol. The van der Waals surface area contributed by atoms with Gasteiger partial charge < -0.3 is 14.8 Å². The molecule has 0 atom stereocenters. The van der Waals surface area contributed by atoms with Crippen molar-refractivity contribution in [2.24, 2.45) is 0 Å². The molecule has 11 nitrogen and oxygen atoms in total. The summed E-state index contributed by atoms with van der Waals surface area (Å²) in [5.41, 5.74) is 2.21. The molecule has 0 bridgehead atoms. The fourth-order valence-corrected chi connectivity index (χ4v) is 4.44. The molecule has 12 heteroatoms. The van der Waals surface area contributed by atoms with Crippen LogP contribution in [0, 0.1) is 0 Å². The summed E-state index contributed by atoms with van der Waals surface area (Å²) in [5, 5.41) is 3.32. The van der Waals surface area contributed by atoms with E-state index in [2.05, 4.69) is 41.5 Å². The van der Waals surface area contributed by atoms with Crippen molar-refractivity contribution in [1.29, 1.82) is 0 Å². The van der Waals surface area contributed by atoms with Gasteiger partial charge in [0, 0.05) is 36.9 Å². The maximum absolute atomic E-state index is 12.0. The zero-order valence-corrected chi connectivity index (χ0v) is 21.1. The number of ether oxygens (including phenoxy) is 2. The van der Waals surface area contributed by atoms with E-state index in [9.17, 15) is 8.42 Å². The molecule has 4 rings (SSSR count). The van der Waals surface area contributed by atoms with Gasteiger partial charge in [-0.25, -0.2) is 28.4 Å². The number of rotatable bonds is 10. The van der Waals surface area contributed by atoms with Crippen LogP contribution in [0.25, 0.3) is 11.3 Å². The molecule has 1 fully saturated rings. The van der Waals surface area contributed by atoms with E-state index in [-0.39, 0.29) is 11.7 Å². The van der Waals surface area contributed by atoms with Crippen LogP contribution in [0.3, 0.4) is 0 Å². The maximum Gasteiger partial charge on any atom is 0.236 e. The second-order valence-corrected chi connectivity index (χ2v) is 10.2. The first-order chi connectivity index (χ1) is 17.3. The highest BCUT2D eigenvalue weighted by atomic mass is 32.2. The highest BCUT2D eigenvalue weighted by Crippen LogP contribution is 2.40. The van der Waals surface area contributed by atoms with Crippen LogP contribution in [0.5, 0.6) is 5.88 Å². The number of hydrogen-bond acceptors (Lipinski definition) is 10. The highest BCUT2D eigenvalue weighted by molar-refractivity contribution is 7.92. The zero-order valence-electron chi connectivity index (χ0n) is 20.3. The molecule has 0 amide bonds. The third-order valence-corrected chi connectivity index (χ3v) is 7.19. The molecule has 190 valence electrons. The topological polar surface area (TPSA) is 141 Å². The Morgan fingerprint density at radius 2 is 1.92 bits per heavy atom. The predicted octanol–water partition coefficient (Wildman–Crippen LogP) is 3.16. The molecule has 4 heterocycles. The molecule has 1 aliphatic heterocycles. The maximum atomic E-state index is 12.0. The average molecular weight is 512 g/mol. The normalized spacial score (nSPS) is 15.2. The average Bonchev–Trinajstić information content (AvgIpc) is 2.90. The summed E-state index contributed by atoms with van der Waals surface area (Å²) in [6.07, 6.45) is 7.71. The summed E-state index contributed by atoms with van der Waals surface area (Å²) in [6, 6.07) is 5.51. The summed E-state index contributed by atoms with van der Waals surface area (Å²) < 4.78 is 37.5. The van der Waals surface area contributed by atoms with Crippen molar-refractivity contribution in [3.63, 3.8) is 0 Å². The van der Waals surface area contributed by atoms with Crippen LogP contribution in [-0.2, 0) is 20.2 Å². The number of aromatic nitrogens is 5. The Bertz CT molecular complexity index is 1310. The van der Waals surface area contributed by atoms with Gasteiger partial charge in [0.2, 0.25) is 21.9 Å². The molecule has 0 radical (unpaired) electrons. The number of hydrogen-bond donors (Lipinski definition) is 2. The minimum Gasteiger partial charge on any atom is -0.477 e. The third-order valence-electron chi connectivity index (χ3n) is 5.94. The summed E-state index contributed by atoms with van der Waals surface area (Å²) in [4.78, 5) is 21.8. The Kier molecular flexibility index (Phi) is 7.75. The lowest BCUT2D eigenvalue weighted by Crippen LogP contribution is -2.39. The quantitative estimate of drug-likeness (QED) is 0.417. The lowest BCUT2D eigenvalue weighted by Gasteiger charge is -2.38. The van der Waals surface area contributed by atoms with E-state index in [1.54, 1.807) is 37.8 Å². The van der Waals surface area contributed by atoms with E-state index >= 15 is 0 Å². The van der Waals surface area contributed by atoms with Gasteiger partial charge in [0.05, 0.1) is 41.6 Å². The molecule has 36 heavy (non-hydrogen) atoms. The second-order valence-electron chi connectivity index (χ2n) is 8.18. The van der Waals surface area contributed by atoms with E-state index in [0.29, 0.717) is 61.4 Å². The summed E-state index contributed by atoms with van der Waals surface area (Å²) >= 11 is 0. The SMILES string of the molecule is C=C(Nc1ccc(-c2cncc(OCC)n2)cn1)C1(c2ccnc(NS(=O)(=O)CC)n2)CCOCC1. The van der Waals surface area contributed by atoms with Crippen molar-refractivity contribution < 1.29 is 17.9 Å². The zero-order chi connectivity index (χ0) is 25.6. The number of nitrogens with one attached hydrogen (secondary N) is 2. The van der Waals surface area contributed by atoms with Crippen LogP contribution in [0.2, 0.25) is 0 Å². The van der Waals surface area contributed by atoms with Gasteiger partial charge in [-0.05, 0) is 44.9 Å². The molecule has 0 spiro atoms. The molecule has 0 aromatic carbocycles. The standard InChI is InChI=1S/C24H29N7O4S/c1-4-35-22-16-25-15-19(29-22)18-6-7-21(27-14-18)28-17(3)24(9-12-34-13-10-24)20-8-11-26-23(30-20)31-36(32,33)5-2/h6-8,11,14-16H,3-5,9-10,12-13H2,1-2H3,(H,27,28)(H,26,30,31). The van der Waals surface area contributed by atoms with Crippen LogP contribution in [0.4, 0.5) is 11.8 Å². The smallest absolute Gasteiger partial charge is 0.236 e. The molecule has 2 N–H and O–H groups in total. The number of anilines is 2. The van der Waals surface area contributed by atoms with Gasteiger partial charge in [-0.1, -0.05) is 6.58 Å². The van der Waals surface area contributed by atoms with Crippen molar-refractivity contribution in [1.82, 2.24) is 24.9 Å². The van der Waals surface area contributed by atoms with Gasteiger partial charge in [-0.3, -0.25) is 9.71 Å². The van der Waals surface area contributed by atoms with Crippen molar-refractivity contribution >= 4 is 21.8 Å². The van der Waals surface area contributed by atoms with Crippen molar-refractivity contribution in [3.05, 3.63) is 61.0 Å². The van der Waals surface area contributed by atoms with E-state index < -0.39 is 15.4 Å². The fraction of sp³-hybridized carbons (Fsp3) is 0.375. The van der Waals surface area contributed by atoms with Gasteiger partial charge in [0.1, 0.15) is 5.82 Å². The van der Waals surface area contributed by atoms with Crippen LogP contribution < -0.4 is 14.8 Å². The van der Waals surface area contributed by atoms with Crippen molar-refractivity contribution in [3.8, 4) is 17.1 Å². The second kappa shape index (κ2) is 11.0. The largest absolute Gasteiger partial charge is 0.477 e. The predicted molar refractivity (Wildman–Crippen MR) is 136 cm³/mol. The van der Waals surface area contributed by atoms with Crippen molar-refractivity contribution in [2.75, 3.05) is 35.6 Å². The van der Waals surface area contributed by atoms with Gasteiger partial charge in [-0.2, -0.15) is 0 Å². The van der Waals surface area contributed by atoms with E-state index in [1.807, 2.05) is 19.1 Å². The number of nitrogens with zero attached hydrogens (tertiary/aromatic N) is 5. The lowest BCUT2D eigenvalue weighted by molar-refractivity contribution is 0.0610. The minimum atomic E-state index is -3.51. The third kappa shape index (κ3) is 5.77. The number of pyridine rings is 1. The first-order valence-electron chi connectivity index (χ1n) is 11.6. The Morgan fingerprint density at radius 1 is 1.11 bits per heavy atom. The number of allylic oxidation sites excluding steroid dienone is 1. The van der Waals surface area contributed by atoms with Crippen molar-refractivity contribution in [2.45, 2.75) is 32.1 Å². The van der Waals surface area contributed by atoms with E-state index in [0.717, 1.165) is 5.56 Å². The Hall–Kier alpha value is -3.64. The number of sulfonamides is 1. The highest BCUT2D eigenvalue weighted by Gasteiger charge is 2.39. The van der Waals surface area contributed by atoms with E-state index in [1.165, 1.54) is 0 Å². The lowest BCUT2D eigenvalue weighted by atomic mass is 9.74. The van der Waals surface area contributed by atoms with Crippen LogP contribution in [0.1, 0.15) is 32.4 Å². The van der Waals surface area contributed by atoms with Crippen LogP contribution >= 0.6 is 0 Å². The van der Waals surface area contributed by atoms with Crippen LogP contribution in [0.15, 0.2) is 55.3 Å². The minimum absolute atomic E-state index is 0.0332. The first-order valence-corrected chi connectivity index (χ1v) is 13.3. The summed E-state index contributed by atoms with van der Waals surface area (Å²) in [7, 11) is -3.51. The monoisotopic (exact) mass is 511 g/mol. The van der Waals surface area contributed by atoms with Gasteiger partial charge in [-0.15, -0.1) is 0 Å². The molecule has 3 aromatic rings. The molecule has 3 aromatic heterocycles. The fourth-order valence-electron chi connectivity index (χ4n) is 3.92. The Morgan fingerprint density at radius 3 is 2.61 bits per heavy atom. The van der Waals surface area contributed by atoms with Gasteiger partial charge in [0.25, 0.3) is 0 Å². The molecule has 0 aliphatic carbocycles. The van der Waals surface area contributed by atoms with E-state index in [4.69, 9.17) is 9.47 Å². The molecular formula is C24H29N7O4S. The summed E-state index contributed by atoms with van der Waals surface area (Å²) in [5.74, 6) is 1.02. The molecule has 0 unspecified atom stereocenters. The molecule has 1 aliphatic rings. The summed E-state index contributed by atoms with van der Waals surface area (Å²) in [6.45, 7) is 9.29. The first kappa shape index (κ1) is 25.5. The Balaban J connectivity index is 1.57. The van der Waals surface area contributed by atoms with Crippen LogP contribution in [-0.4, -0.2) is 58.9 Å².